The van der Waals surface area contributed by atoms with Crippen LogP contribution in [0, 0.1) is 6.92 Å². The van der Waals surface area contributed by atoms with Gasteiger partial charge in [0, 0.05) is 25.5 Å². The van der Waals surface area contributed by atoms with Gasteiger partial charge in [0.25, 0.3) is 5.91 Å². The fourth-order valence-corrected chi connectivity index (χ4v) is 2.58. The number of nitrogens with one attached hydrogen (secondary N) is 1. The summed E-state index contributed by atoms with van der Waals surface area (Å²) in [7, 11) is 0. The van der Waals surface area contributed by atoms with Gasteiger partial charge in [-0.15, -0.1) is 0 Å². The summed E-state index contributed by atoms with van der Waals surface area (Å²) in [6.07, 6.45) is 4.39. The second-order valence-corrected chi connectivity index (χ2v) is 5.77. The Kier molecular flexibility index (Phi) is 5.30. The average molecular weight is 339 g/mol. The SMILES string of the molecule is Cc1cccn2cc(COc3ccccc3C(=O)NCCCO)nc12. The van der Waals surface area contributed by atoms with Crippen LogP contribution in [0.25, 0.3) is 5.65 Å². The number of fused-ring (bicyclic) bond motifs is 1. The number of ether oxygens (including phenoxy) is 1. The number of carbonyl (C=O) groups is 1. The Morgan fingerprint density at radius 1 is 1.28 bits per heavy atom. The minimum atomic E-state index is -0.213. The van der Waals surface area contributed by atoms with Gasteiger partial charge >= 0.3 is 0 Å². The monoisotopic (exact) mass is 339 g/mol. The van der Waals surface area contributed by atoms with Crippen LogP contribution < -0.4 is 10.1 Å². The molecule has 130 valence electrons. The Hall–Kier alpha value is -2.86. The van der Waals surface area contributed by atoms with Crippen molar-refractivity contribution in [2.24, 2.45) is 0 Å². The molecule has 0 unspecified atom stereocenters. The first-order chi connectivity index (χ1) is 12.2. The van der Waals surface area contributed by atoms with Gasteiger partial charge in [-0.2, -0.15) is 0 Å². The minimum absolute atomic E-state index is 0.0473. The van der Waals surface area contributed by atoms with E-state index < -0.39 is 0 Å². The van der Waals surface area contributed by atoms with Crippen molar-refractivity contribution in [1.82, 2.24) is 14.7 Å². The predicted molar refractivity (Wildman–Crippen MR) is 94.7 cm³/mol. The lowest BCUT2D eigenvalue weighted by Gasteiger charge is -2.10. The molecule has 0 aliphatic carbocycles. The van der Waals surface area contributed by atoms with Gasteiger partial charge in [0.1, 0.15) is 18.0 Å². The van der Waals surface area contributed by atoms with Crippen LogP contribution >= 0.6 is 0 Å². The summed E-state index contributed by atoms with van der Waals surface area (Å²) in [5, 5.41) is 11.6. The van der Waals surface area contributed by atoms with E-state index in [2.05, 4.69) is 10.3 Å². The molecule has 6 nitrogen and oxygen atoms in total. The van der Waals surface area contributed by atoms with Gasteiger partial charge in [-0.25, -0.2) is 4.98 Å². The number of nitrogens with zero attached hydrogens (tertiary/aromatic N) is 2. The van der Waals surface area contributed by atoms with Gasteiger partial charge in [-0.05, 0) is 37.1 Å². The van der Waals surface area contributed by atoms with E-state index in [4.69, 9.17) is 9.84 Å². The zero-order valence-corrected chi connectivity index (χ0v) is 14.1. The number of aryl methyl sites for hydroxylation is 1. The van der Waals surface area contributed by atoms with Crippen molar-refractivity contribution in [3.8, 4) is 5.75 Å². The first kappa shape index (κ1) is 17.0. The van der Waals surface area contributed by atoms with E-state index in [1.165, 1.54) is 0 Å². The Balaban J connectivity index is 1.72. The molecule has 1 aromatic carbocycles. The highest BCUT2D eigenvalue weighted by atomic mass is 16.5. The van der Waals surface area contributed by atoms with Crippen LogP contribution in [0.5, 0.6) is 5.75 Å². The largest absolute Gasteiger partial charge is 0.486 e. The molecule has 0 saturated carbocycles. The molecule has 0 fully saturated rings. The van der Waals surface area contributed by atoms with E-state index >= 15 is 0 Å². The third kappa shape index (κ3) is 3.97. The number of aliphatic hydroxyl groups is 1. The fraction of sp³-hybridized carbons (Fsp3) is 0.263. The molecule has 3 aromatic rings. The van der Waals surface area contributed by atoms with Crippen molar-refractivity contribution < 1.29 is 14.6 Å². The topological polar surface area (TPSA) is 75.9 Å². The van der Waals surface area contributed by atoms with Gasteiger partial charge in [0.05, 0.1) is 11.3 Å². The summed E-state index contributed by atoms with van der Waals surface area (Å²) in [6.45, 7) is 2.77. The molecule has 0 aliphatic heterocycles. The molecular formula is C19H21N3O3. The number of aliphatic hydroxyl groups excluding tert-OH is 1. The molecule has 0 saturated heterocycles. The van der Waals surface area contributed by atoms with Crippen LogP contribution in [0.4, 0.5) is 0 Å². The van der Waals surface area contributed by atoms with Crippen molar-refractivity contribution in [2.45, 2.75) is 20.0 Å². The number of amides is 1. The smallest absolute Gasteiger partial charge is 0.255 e. The number of para-hydroxylation sites is 1. The predicted octanol–water partition coefficient (Wildman–Crippen LogP) is 2.33. The second-order valence-electron chi connectivity index (χ2n) is 5.77. The Morgan fingerprint density at radius 2 is 2.12 bits per heavy atom. The summed E-state index contributed by atoms with van der Waals surface area (Å²) in [5.41, 5.74) is 3.26. The molecule has 2 N–H and O–H groups in total. The first-order valence-electron chi connectivity index (χ1n) is 8.23. The molecule has 3 rings (SSSR count). The van der Waals surface area contributed by atoms with E-state index in [-0.39, 0.29) is 19.1 Å². The number of pyridine rings is 1. The highest BCUT2D eigenvalue weighted by Gasteiger charge is 2.12. The Bertz CT molecular complexity index is 873. The zero-order chi connectivity index (χ0) is 17.6. The van der Waals surface area contributed by atoms with Crippen molar-refractivity contribution >= 4 is 11.6 Å². The third-order valence-electron chi connectivity index (χ3n) is 3.86. The number of rotatable bonds is 7. The van der Waals surface area contributed by atoms with Crippen LogP contribution in [-0.2, 0) is 6.61 Å². The van der Waals surface area contributed by atoms with Crippen molar-refractivity contribution in [3.63, 3.8) is 0 Å². The standard InChI is InChI=1S/C19H21N3O3/c1-14-6-4-10-22-12-15(21-18(14)22)13-25-17-8-3-2-7-16(17)19(24)20-9-5-11-23/h2-4,6-8,10,12,23H,5,9,11,13H2,1H3,(H,20,24). The zero-order valence-electron chi connectivity index (χ0n) is 14.1. The molecule has 25 heavy (non-hydrogen) atoms. The lowest BCUT2D eigenvalue weighted by Crippen LogP contribution is -2.25. The number of benzene rings is 1. The molecule has 0 radical (unpaired) electrons. The fourth-order valence-electron chi connectivity index (χ4n) is 2.58. The van der Waals surface area contributed by atoms with Crippen LogP contribution in [-0.4, -0.2) is 33.6 Å². The molecule has 1 amide bonds. The van der Waals surface area contributed by atoms with Gasteiger partial charge in [-0.3, -0.25) is 4.79 Å². The lowest BCUT2D eigenvalue weighted by molar-refractivity contribution is 0.0946. The summed E-state index contributed by atoms with van der Waals surface area (Å²) < 4.78 is 7.79. The molecular weight excluding hydrogens is 318 g/mol. The van der Waals surface area contributed by atoms with Crippen molar-refractivity contribution in [2.75, 3.05) is 13.2 Å². The van der Waals surface area contributed by atoms with E-state index in [1.807, 2.05) is 41.9 Å². The first-order valence-corrected chi connectivity index (χ1v) is 8.23. The van der Waals surface area contributed by atoms with Gasteiger partial charge < -0.3 is 19.6 Å². The molecule has 2 heterocycles. The lowest BCUT2D eigenvalue weighted by atomic mass is 10.2. The third-order valence-corrected chi connectivity index (χ3v) is 3.86. The summed E-state index contributed by atoms with van der Waals surface area (Å²) in [6, 6.07) is 11.1. The molecule has 0 bridgehead atoms. The highest BCUT2D eigenvalue weighted by molar-refractivity contribution is 5.96. The molecule has 0 atom stereocenters. The van der Waals surface area contributed by atoms with E-state index in [0.29, 0.717) is 24.3 Å². The summed E-state index contributed by atoms with van der Waals surface area (Å²) in [5.74, 6) is 0.299. The number of hydrogen-bond acceptors (Lipinski definition) is 4. The quantitative estimate of drug-likeness (QED) is 0.648. The van der Waals surface area contributed by atoms with E-state index in [0.717, 1.165) is 16.9 Å². The normalized spacial score (nSPS) is 10.8. The highest BCUT2D eigenvalue weighted by Crippen LogP contribution is 2.19. The van der Waals surface area contributed by atoms with Crippen LogP contribution in [0.15, 0.2) is 48.8 Å². The Labute approximate surface area is 146 Å². The maximum atomic E-state index is 12.2. The Morgan fingerprint density at radius 3 is 2.92 bits per heavy atom. The van der Waals surface area contributed by atoms with Gasteiger partial charge in [-0.1, -0.05) is 18.2 Å². The van der Waals surface area contributed by atoms with Crippen LogP contribution in [0.3, 0.4) is 0 Å². The molecule has 6 heteroatoms. The molecule has 0 spiro atoms. The van der Waals surface area contributed by atoms with E-state index in [9.17, 15) is 4.79 Å². The number of imidazole rings is 1. The number of aromatic nitrogens is 2. The number of carbonyl (C=O) groups excluding carboxylic acids is 1. The van der Waals surface area contributed by atoms with Gasteiger partial charge in [0.15, 0.2) is 0 Å². The number of hydrogen-bond donors (Lipinski definition) is 2. The van der Waals surface area contributed by atoms with Crippen LogP contribution in [0.2, 0.25) is 0 Å². The average Bonchev–Trinajstić information content (AvgIpc) is 3.05. The maximum absolute atomic E-state index is 12.2. The molecule has 2 aromatic heterocycles. The van der Waals surface area contributed by atoms with Crippen LogP contribution in [0.1, 0.15) is 28.0 Å². The summed E-state index contributed by atoms with van der Waals surface area (Å²) in [4.78, 5) is 16.8. The van der Waals surface area contributed by atoms with Crippen molar-refractivity contribution in [3.05, 3.63) is 65.6 Å². The molecule has 0 aliphatic rings. The summed E-state index contributed by atoms with van der Waals surface area (Å²) >= 11 is 0. The van der Waals surface area contributed by atoms with Gasteiger partial charge in [0.2, 0.25) is 0 Å². The second kappa shape index (κ2) is 7.81. The maximum Gasteiger partial charge on any atom is 0.255 e. The van der Waals surface area contributed by atoms with Crippen molar-refractivity contribution in [1.29, 1.82) is 0 Å². The van der Waals surface area contributed by atoms with E-state index in [1.54, 1.807) is 18.2 Å². The minimum Gasteiger partial charge on any atom is -0.486 e.